The highest BCUT2D eigenvalue weighted by Gasteiger charge is 2.49. The van der Waals surface area contributed by atoms with Gasteiger partial charge in [0.25, 0.3) is 5.91 Å². The molecule has 1 aromatic heterocycles. The van der Waals surface area contributed by atoms with E-state index in [1.165, 1.54) is 19.3 Å². The first-order valence-electron chi connectivity index (χ1n) is 10.8. The first-order chi connectivity index (χ1) is 14.0. The van der Waals surface area contributed by atoms with Gasteiger partial charge in [-0.1, -0.05) is 26.2 Å². The molecule has 1 N–H and O–H groups in total. The molecule has 0 bridgehead atoms. The molecule has 6 nitrogen and oxygen atoms in total. The Hall–Kier alpha value is -2.21. The average molecular weight is 400 g/mol. The maximum atomic E-state index is 13.7. The van der Waals surface area contributed by atoms with Crippen LogP contribution < -0.4 is 9.47 Å². The Morgan fingerprint density at radius 2 is 1.97 bits per heavy atom. The third-order valence-corrected chi connectivity index (χ3v) is 7.09. The van der Waals surface area contributed by atoms with Gasteiger partial charge >= 0.3 is 0 Å². The second-order valence-corrected chi connectivity index (χ2v) is 8.61. The van der Waals surface area contributed by atoms with Crippen LogP contribution in [-0.4, -0.2) is 66.6 Å². The van der Waals surface area contributed by atoms with Crippen molar-refractivity contribution < 1.29 is 14.3 Å². The number of nitrogens with one attached hydrogen (secondary N) is 1. The van der Waals surface area contributed by atoms with Crippen molar-refractivity contribution in [3.8, 4) is 11.5 Å². The van der Waals surface area contributed by atoms with Crippen LogP contribution in [0.3, 0.4) is 0 Å². The lowest BCUT2D eigenvalue weighted by Gasteiger charge is -2.41. The molecule has 1 saturated carbocycles. The zero-order valence-electron chi connectivity index (χ0n) is 18.1. The van der Waals surface area contributed by atoms with E-state index in [0.717, 1.165) is 43.3 Å². The number of aromatic nitrogens is 1. The summed E-state index contributed by atoms with van der Waals surface area (Å²) in [4.78, 5) is 21.6. The molecule has 1 atom stereocenters. The van der Waals surface area contributed by atoms with Crippen LogP contribution in [0.15, 0.2) is 18.2 Å². The Kier molecular flexibility index (Phi) is 5.47. The molecule has 1 aromatic carbocycles. The number of fused-ring (bicyclic) bond motifs is 1. The number of nitrogens with zero attached hydrogens (tertiary/aromatic N) is 2. The summed E-state index contributed by atoms with van der Waals surface area (Å²) in [6, 6.07) is 6.14. The van der Waals surface area contributed by atoms with Gasteiger partial charge in [-0.15, -0.1) is 0 Å². The summed E-state index contributed by atoms with van der Waals surface area (Å²) >= 11 is 0. The van der Waals surface area contributed by atoms with Gasteiger partial charge in [-0.2, -0.15) is 0 Å². The summed E-state index contributed by atoms with van der Waals surface area (Å²) < 4.78 is 10.9. The molecule has 2 heterocycles. The number of ether oxygens (including phenoxy) is 2. The number of carbonyl (C=O) groups excluding carboxylic acids is 1. The highest BCUT2D eigenvalue weighted by atomic mass is 16.5. The molecule has 2 aliphatic rings. The van der Waals surface area contributed by atoms with E-state index in [-0.39, 0.29) is 11.4 Å². The largest absolute Gasteiger partial charge is 0.497 e. The van der Waals surface area contributed by atoms with Gasteiger partial charge < -0.3 is 24.3 Å². The van der Waals surface area contributed by atoms with Crippen LogP contribution in [0.1, 0.15) is 55.9 Å². The van der Waals surface area contributed by atoms with E-state index < -0.39 is 0 Å². The van der Waals surface area contributed by atoms with Gasteiger partial charge in [-0.05, 0) is 38.9 Å². The number of likely N-dealkylation sites (tertiary alicyclic amines) is 1. The lowest BCUT2D eigenvalue weighted by atomic mass is 9.79. The fourth-order valence-corrected chi connectivity index (χ4v) is 5.28. The lowest BCUT2D eigenvalue weighted by Crippen LogP contribution is -2.48. The zero-order valence-corrected chi connectivity index (χ0v) is 18.1. The van der Waals surface area contributed by atoms with Gasteiger partial charge in [0.05, 0.1) is 19.7 Å². The van der Waals surface area contributed by atoms with Crippen LogP contribution in [-0.2, 0) is 0 Å². The van der Waals surface area contributed by atoms with Crippen LogP contribution in [0.2, 0.25) is 0 Å². The van der Waals surface area contributed by atoms with Crippen molar-refractivity contribution in [1.82, 2.24) is 14.8 Å². The normalized spacial score (nSPS) is 21.3. The summed E-state index contributed by atoms with van der Waals surface area (Å²) in [5.74, 6) is 1.54. The number of hydrogen-bond donors (Lipinski definition) is 1. The van der Waals surface area contributed by atoms with Crippen molar-refractivity contribution >= 4 is 16.8 Å². The van der Waals surface area contributed by atoms with Crippen molar-refractivity contribution in [3.05, 3.63) is 23.9 Å². The Morgan fingerprint density at radius 3 is 2.62 bits per heavy atom. The Bertz CT molecular complexity index is 885. The molecule has 1 aliphatic heterocycles. The topological polar surface area (TPSA) is 57.8 Å². The molecule has 1 spiro atoms. The standard InChI is InChI=1S/C23H33N3O3/c1-5-25(2)16-14-23(9-7-6-8-10-23)26(15-16)22(27)20-13-18-19(24-20)11-17(28-3)12-21(18)29-4/h11-13,16,24H,5-10,14-15H2,1-4H3. The van der Waals surface area contributed by atoms with Crippen molar-refractivity contribution in [1.29, 1.82) is 0 Å². The molecular weight excluding hydrogens is 366 g/mol. The molecule has 29 heavy (non-hydrogen) atoms. The van der Waals surface area contributed by atoms with Crippen LogP contribution in [0, 0.1) is 0 Å². The van der Waals surface area contributed by atoms with E-state index in [2.05, 4.69) is 28.8 Å². The van der Waals surface area contributed by atoms with Gasteiger partial charge in [0.2, 0.25) is 0 Å². The molecule has 2 aromatic rings. The van der Waals surface area contributed by atoms with E-state index in [1.807, 2.05) is 18.2 Å². The van der Waals surface area contributed by atoms with Crippen LogP contribution >= 0.6 is 0 Å². The number of H-pyrrole nitrogens is 1. The van der Waals surface area contributed by atoms with Gasteiger partial charge in [-0.25, -0.2) is 0 Å². The molecule has 158 valence electrons. The second-order valence-electron chi connectivity index (χ2n) is 8.61. The minimum Gasteiger partial charge on any atom is -0.497 e. The molecule has 1 unspecified atom stereocenters. The number of amides is 1. The van der Waals surface area contributed by atoms with Crippen molar-refractivity contribution in [2.75, 3.05) is 34.4 Å². The number of likely N-dealkylation sites (N-methyl/N-ethyl adjacent to an activating group) is 1. The van der Waals surface area contributed by atoms with Crippen molar-refractivity contribution in [2.24, 2.45) is 0 Å². The summed E-state index contributed by atoms with van der Waals surface area (Å²) in [7, 11) is 5.46. The third kappa shape index (κ3) is 3.48. The molecule has 1 amide bonds. The molecule has 1 saturated heterocycles. The fraction of sp³-hybridized carbons (Fsp3) is 0.609. The smallest absolute Gasteiger partial charge is 0.270 e. The quantitative estimate of drug-likeness (QED) is 0.824. The van der Waals surface area contributed by atoms with E-state index in [9.17, 15) is 4.79 Å². The predicted molar refractivity (Wildman–Crippen MR) is 115 cm³/mol. The monoisotopic (exact) mass is 399 g/mol. The first kappa shape index (κ1) is 20.1. The van der Waals surface area contributed by atoms with E-state index in [0.29, 0.717) is 23.2 Å². The zero-order chi connectivity index (χ0) is 20.6. The fourth-order valence-electron chi connectivity index (χ4n) is 5.28. The van der Waals surface area contributed by atoms with Crippen LogP contribution in [0.5, 0.6) is 11.5 Å². The van der Waals surface area contributed by atoms with E-state index in [4.69, 9.17) is 9.47 Å². The third-order valence-electron chi connectivity index (χ3n) is 7.09. The number of benzene rings is 1. The predicted octanol–water partition coefficient (Wildman–Crippen LogP) is 4.05. The summed E-state index contributed by atoms with van der Waals surface area (Å²) in [6.45, 7) is 4.00. The lowest BCUT2D eigenvalue weighted by molar-refractivity contribution is 0.0494. The molecule has 0 radical (unpaired) electrons. The number of hydrogen-bond acceptors (Lipinski definition) is 4. The first-order valence-corrected chi connectivity index (χ1v) is 10.8. The average Bonchev–Trinajstić information content (AvgIpc) is 3.34. The van der Waals surface area contributed by atoms with Gasteiger partial charge in [0.15, 0.2) is 0 Å². The van der Waals surface area contributed by atoms with Crippen LogP contribution in [0.25, 0.3) is 10.9 Å². The molecular formula is C23H33N3O3. The Morgan fingerprint density at radius 1 is 1.21 bits per heavy atom. The Balaban J connectivity index is 1.70. The number of aromatic amines is 1. The number of carbonyl (C=O) groups is 1. The van der Waals surface area contributed by atoms with E-state index in [1.54, 1.807) is 14.2 Å². The van der Waals surface area contributed by atoms with Gasteiger partial charge in [-0.3, -0.25) is 4.79 Å². The van der Waals surface area contributed by atoms with Crippen LogP contribution in [0.4, 0.5) is 0 Å². The number of methoxy groups -OCH3 is 2. The maximum Gasteiger partial charge on any atom is 0.270 e. The van der Waals surface area contributed by atoms with Gasteiger partial charge in [0, 0.05) is 35.6 Å². The molecule has 1 aliphatic carbocycles. The highest BCUT2D eigenvalue weighted by molar-refractivity contribution is 6.00. The summed E-state index contributed by atoms with van der Waals surface area (Å²) in [5, 5.41) is 0.913. The molecule has 4 rings (SSSR count). The van der Waals surface area contributed by atoms with E-state index >= 15 is 0 Å². The van der Waals surface area contributed by atoms with Gasteiger partial charge in [0.1, 0.15) is 17.2 Å². The summed E-state index contributed by atoms with van der Waals surface area (Å²) in [5.41, 5.74) is 1.50. The second kappa shape index (κ2) is 7.90. The molecule has 6 heteroatoms. The SMILES string of the molecule is CCN(C)C1CN(C(=O)c2cc3c(OC)cc(OC)cc3[nH]2)C2(CCCCC2)C1. The minimum atomic E-state index is 0.00248. The number of rotatable bonds is 5. The highest BCUT2D eigenvalue weighted by Crippen LogP contribution is 2.44. The Labute approximate surface area is 173 Å². The minimum absolute atomic E-state index is 0.00248. The van der Waals surface area contributed by atoms with Crippen molar-refractivity contribution in [2.45, 2.75) is 57.0 Å². The molecule has 2 fully saturated rings. The maximum absolute atomic E-state index is 13.7. The van der Waals surface area contributed by atoms with Crippen molar-refractivity contribution in [3.63, 3.8) is 0 Å². The summed E-state index contributed by atoms with van der Waals surface area (Å²) in [6.07, 6.45) is 7.02.